The first-order valence-electron chi connectivity index (χ1n) is 9.06. The summed E-state index contributed by atoms with van der Waals surface area (Å²) in [6.07, 6.45) is -0.778. The fraction of sp³-hybridized carbons (Fsp3) is 0.227. The highest BCUT2D eigenvalue weighted by Gasteiger charge is 2.16. The van der Waals surface area contributed by atoms with E-state index in [9.17, 15) is 9.59 Å². The van der Waals surface area contributed by atoms with Gasteiger partial charge in [-0.25, -0.2) is 0 Å². The van der Waals surface area contributed by atoms with Crippen LogP contribution in [-0.2, 0) is 4.79 Å². The monoisotopic (exact) mass is 377 g/mol. The SMILES string of the molecule is Cc1ccc(NC(=O)[C@H](C)Oc2ccc(=O)n(-c3ccc(C)c(C)c3)n2)cc1. The topological polar surface area (TPSA) is 73.2 Å². The van der Waals surface area contributed by atoms with E-state index < -0.39 is 6.10 Å². The van der Waals surface area contributed by atoms with Crippen LogP contribution in [0.4, 0.5) is 5.69 Å². The maximum absolute atomic E-state index is 12.4. The number of anilines is 1. The number of benzene rings is 2. The number of nitrogens with zero attached hydrogens (tertiary/aromatic N) is 2. The Balaban J connectivity index is 1.76. The van der Waals surface area contributed by atoms with Crippen molar-refractivity contribution in [1.82, 2.24) is 9.78 Å². The Morgan fingerprint density at radius 2 is 1.71 bits per heavy atom. The molecule has 0 radical (unpaired) electrons. The van der Waals surface area contributed by atoms with E-state index in [1.54, 1.807) is 6.92 Å². The first-order chi connectivity index (χ1) is 13.3. The van der Waals surface area contributed by atoms with E-state index in [-0.39, 0.29) is 17.3 Å². The molecular formula is C22H23N3O3. The van der Waals surface area contributed by atoms with Gasteiger partial charge in [-0.1, -0.05) is 23.8 Å². The highest BCUT2D eigenvalue weighted by Crippen LogP contribution is 2.14. The van der Waals surface area contributed by atoms with Gasteiger partial charge < -0.3 is 10.1 Å². The number of nitrogens with one attached hydrogen (secondary N) is 1. The van der Waals surface area contributed by atoms with Crippen molar-refractivity contribution in [2.24, 2.45) is 0 Å². The van der Waals surface area contributed by atoms with Gasteiger partial charge in [-0.05, 0) is 63.1 Å². The Morgan fingerprint density at radius 1 is 1.00 bits per heavy atom. The molecular weight excluding hydrogens is 354 g/mol. The normalized spacial score (nSPS) is 11.7. The molecule has 6 heteroatoms. The second-order valence-corrected chi connectivity index (χ2v) is 6.81. The molecule has 3 aromatic rings. The Bertz CT molecular complexity index is 1060. The maximum atomic E-state index is 12.4. The van der Waals surface area contributed by atoms with Crippen molar-refractivity contribution >= 4 is 11.6 Å². The van der Waals surface area contributed by atoms with Crippen LogP contribution < -0.4 is 15.6 Å². The summed E-state index contributed by atoms with van der Waals surface area (Å²) >= 11 is 0. The molecule has 6 nitrogen and oxygen atoms in total. The lowest BCUT2D eigenvalue weighted by atomic mass is 10.1. The first kappa shape index (κ1) is 19.4. The summed E-state index contributed by atoms with van der Waals surface area (Å²) in [4.78, 5) is 24.6. The molecule has 1 amide bonds. The molecule has 0 saturated carbocycles. The zero-order valence-electron chi connectivity index (χ0n) is 16.4. The van der Waals surface area contributed by atoms with Crippen molar-refractivity contribution in [3.63, 3.8) is 0 Å². The quantitative estimate of drug-likeness (QED) is 0.738. The minimum atomic E-state index is -0.778. The van der Waals surface area contributed by atoms with E-state index >= 15 is 0 Å². The first-order valence-corrected chi connectivity index (χ1v) is 9.06. The second kappa shape index (κ2) is 8.08. The Labute approximate surface area is 163 Å². The minimum absolute atomic E-state index is 0.199. The van der Waals surface area contributed by atoms with Crippen LogP contribution in [0.1, 0.15) is 23.6 Å². The van der Waals surface area contributed by atoms with Gasteiger partial charge >= 0.3 is 0 Å². The third-order valence-electron chi connectivity index (χ3n) is 4.50. The predicted octanol–water partition coefficient (Wildman–Crippen LogP) is 3.56. The summed E-state index contributed by atoms with van der Waals surface area (Å²) in [5, 5.41) is 7.06. The summed E-state index contributed by atoms with van der Waals surface area (Å²) in [7, 11) is 0. The lowest BCUT2D eigenvalue weighted by Gasteiger charge is -2.15. The molecule has 0 bridgehead atoms. The van der Waals surface area contributed by atoms with Crippen molar-refractivity contribution in [3.05, 3.63) is 81.6 Å². The van der Waals surface area contributed by atoms with Gasteiger partial charge in [-0.2, -0.15) is 4.68 Å². The van der Waals surface area contributed by atoms with E-state index in [2.05, 4.69) is 10.4 Å². The Hall–Kier alpha value is -3.41. The van der Waals surface area contributed by atoms with Gasteiger partial charge in [0.1, 0.15) is 0 Å². The van der Waals surface area contributed by atoms with Crippen LogP contribution in [0.5, 0.6) is 5.88 Å². The smallest absolute Gasteiger partial charge is 0.271 e. The standard InChI is InChI=1S/C22H23N3O3/c1-14-5-8-18(9-6-14)23-22(27)17(4)28-20-11-12-21(26)25(24-20)19-10-7-15(2)16(3)13-19/h5-13,17H,1-4H3,(H,23,27)/t17-/m0/s1. The number of hydrogen-bond acceptors (Lipinski definition) is 4. The molecule has 0 unspecified atom stereocenters. The Morgan fingerprint density at radius 3 is 2.39 bits per heavy atom. The van der Waals surface area contributed by atoms with Crippen LogP contribution in [-0.4, -0.2) is 21.8 Å². The molecule has 0 saturated heterocycles. The third kappa shape index (κ3) is 4.46. The van der Waals surface area contributed by atoms with Crippen LogP contribution in [0.15, 0.2) is 59.4 Å². The molecule has 1 atom stereocenters. The van der Waals surface area contributed by atoms with Gasteiger partial charge in [0.15, 0.2) is 6.10 Å². The number of aryl methyl sites for hydroxylation is 3. The van der Waals surface area contributed by atoms with Crippen molar-refractivity contribution in [3.8, 4) is 11.6 Å². The molecule has 0 aliphatic heterocycles. The van der Waals surface area contributed by atoms with Crippen molar-refractivity contribution in [2.45, 2.75) is 33.8 Å². The molecule has 0 aliphatic carbocycles. The van der Waals surface area contributed by atoms with Gasteiger partial charge in [0, 0.05) is 17.8 Å². The average molecular weight is 377 g/mol. The van der Waals surface area contributed by atoms with Crippen molar-refractivity contribution < 1.29 is 9.53 Å². The number of aromatic nitrogens is 2. The fourth-order valence-corrected chi connectivity index (χ4v) is 2.61. The average Bonchev–Trinajstić information content (AvgIpc) is 2.67. The van der Waals surface area contributed by atoms with E-state index in [0.717, 1.165) is 16.7 Å². The summed E-state index contributed by atoms with van der Waals surface area (Å²) in [6, 6.07) is 16.0. The van der Waals surface area contributed by atoms with Crippen LogP contribution in [0.3, 0.4) is 0 Å². The number of hydrogen-bond donors (Lipinski definition) is 1. The van der Waals surface area contributed by atoms with E-state index in [1.807, 2.05) is 63.2 Å². The number of rotatable bonds is 5. The zero-order chi connectivity index (χ0) is 20.3. The summed E-state index contributed by atoms with van der Waals surface area (Å²) in [5.74, 6) is -0.0982. The summed E-state index contributed by atoms with van der Waals surface area (Å²) in [5.41, 5.74) is 4.37. The molecule has 1 heterocycles. The van der Waals surface area contributed by atoms with Gasteiger partial charge in [-0.3, -0.25) is 9.59 Å². The van der Waals surface area contributed by atoms with Crippen LogP contribution >= 0.6 is 0 Å². The lowest BCUT2D eigenvalue weighted by Crippen LogP contribution is -2.31. The molecule has 28 heavy (non-hydrogen) atoms. The predicted molar refractivity (Wildman–Crippen MR) is 109 cm³/mol. The van der Waals surface area contributed by atoms with Crippen LogP contribution in [0, 0.1) is 20.8 Å². The molecule has 0 aliphatic rings. The highest BCUT2D eigenvalue weighted by atomic mass is 16.5. The summed E-state index contributed by atoms with van der Waals surface area (Å²) in [6.45, 7) is 7.59. The van der Waals surface area contributed by atoms with Crippen molar-refractivity contribution in [2.75, 3.05) is 5.32 Å². The molecule has 1 aromatic heterocycles. The van der Waals surface area contributed by atoms with Gasteiger partial charge in [-0.15, -0.1) is 5.10 Å². The number of carbonyl (C=O) groups excluding carboxylic acids is 1. The summed E-state index contributed by atoms with van der Waals surface area (Å²) < 4.78 is 6.93. The van der Waals surface area contributed by atoms with E-state index in [1.165, 1.54) is 16.8 Å². The highest BCUT2D eigenvalue weighted by molar-refractivity contribution is 5.94. The van der Waals surface area contributed by atoms with Crippen LogP contribution in [0.25, 0.3) is 5.69 Å². The van der Waals surface area contributed by atoms with Gasteiger partial charge in [0.25, 0.3) is 11.5 Å². The zero-order valence-corrected chi connectivity index (χ0v) is 16.4. The second-order valence-electron chi connectivity index (χ2n) is 6.81. The largest absolute Gasteiger partial charge is 0.463 e. The van der Waals surface area contributed by atoms with E-state index in [0.29, 0.717) is 11.4 Å². The molecule has 144 valence electrons. The minimum Gasteiger partial charge on any atom is -0.463 e. The fourth-order valence-electron chi connectivity index (χ4n) is 2.61. The van der Waals surface area contributed by atoms with Gasteiger partial charge in [0.2, 0.25) is 5.88 Å². The molecule has 2 aromatic carbocycles. The molecule has 3 rings (SSSR count). The van der Waals surface area contributed by atoms with Crippen LogP contribution in [0.2, 0.25) is 0 Å². The lowest BCUT2D eigenvalue weighted by molar-refractivity contribution is -0.122. The maximum Gasteiger partial charge on any atom is 0.271 e. The molecule has 1 N–H and O–H groups in total. The van der Waals surface area contributed by atoms with E-state index in [4.69, 9.17) is 4.74 Å². The molecule has 0 spiro atoms. The number of ether oxygens (including phenoxy) is 1. The van der Waals surface area contributed by atoms with Gasteiger partial charge in [0.05, 0.1) is 5.69 Å². The Kier molecular flexibility index (Phi) is 5.59. The molecule has 0 fully saturated rings. The number of carbonyl (C=O) groups is 1. The number of amides is 1. The third-order valence-corrected chi connectivity index (χ3v) is 4.50. The van der Waals surface area contributed by atoms with Crippen molar-refractivity contribution in [1.29, 1.82) is 0 Å².